The number of hydrogen-bond donors (Lipinski definition) is 1. The Bertz CT molecular complexity index is 686. The summed E-state index contributed by atoms with van der Waals surface area (Å²) >= 11 is 1.39. The molecule has 0 aromatic heterocycles. The Morgan fingerprint density at radius 1 is 1.15 bits per heavy atom. The van der Waals surface area contributed by atoms with E-state index in [9.17, 15) is 9.18 Å². The molecule has 1 N–H and O–H groups in total. The lowest BCUT2D eigenvalue weighted by molar-refractivity contribution is 0.0978. The molecule has 100 valence electrons. The molecule has 3 rings (SSSR count). The van der Waals surface area contributed by atoms with E-state index in [2.05, 4.69) is 10.3 Å². The Labute approximate surface area is 119 Å². The molecule has 0 spiro atoms. The van der Waals surface area contributed by atoms with E-state index in [-0.39, 0.29) is 11.7 Å². The van der Waals surface area contributed by atoms with Crippen molar-refractivity contribution in [3.8, 4) is 0 Å². The molecular formula is C15H11FN2OS. The van der Waals surface area contributed by atoms with Crippen LogP contribution in [0.3, 0.4) is 0 Å². The molecule has 2 aromatic carbocycles. The van der Waals surface area contributed by atoms with Gasteiger partial charge in [-0.3, -0.25) is 4.79 Å². The van der Waals surface area contributed by atoms with Crippen LogP contribution in [0.15, 0.2) is 53.5 Å². The zero-order chi connectivity index (χ0) is 13.9. The van der Waals surface area contributed by atoms with Crippen molar-refractivity contribution in [3.63, 3.8) is 0 Å². The van der Waals surface area contributed by atoms with Crippen molar-refractivity contribution >= 4 is 28.5 Å². The molecule has 1 aliphatic rings. The van der Waals surface area contributed by atoms with E-state index in [0.29, 0.717) is 22.2 Å². The number of halogens is 1. The minimum Gasteiger partial charge on any atom is -0.301 e. The van der Waals surface area contributed by atoms with Crippen molar-refractivity contribution in [1.29, 1.82) is 0 Å². The Balaban J connectivity index is 1.83. The highest BCUT2D eigenvalue weighted by atomic mass is 32.2. The van der Waals surface area contributed by atoms with Crippen LogP contribution in [-0.2, 0) is 5.75 Å². The maximum absolute atomic E-state index is 13.7. The number of aliphatic imine (C=N–C) groups is 1. The van der Waals surface area contributed by atoms with Crippen molar-refractivity contribution in [2.24, 2.45) is 4.99 Å². The van der Waals surface area contributed by atoms with Gasteiger partial charge < -0.3 is 5.32 Å². The summed E-state index contributed by atoms with van der Waals surface area (Å²) in [6.45, 7) is 0. The van der Waals surface area contributed by atoms with E-state index in [1.807, 2.05) is 12.1 Å². The maximum atomic E-state index is 13.7. The largest absolute Gasteiger partial charge is 0.301 e. The van der Waals surface area contributed by atoms with Gasteiger partial charge in [-0.25, -0.2) is 9.38 Å². The van der Waals surface area contributed by atoms with Crippen molar-refractivity contribution in [1.82, 2.24) is 5.32 Å². The van der Waals surface area contributed by atoms with Crippen LogP contribution in [0.1, 0.15) is 15.9 Å². The number of nitrogens with one attached hydrogen (secondary N) is 1. The molecular weight excluding hydrogens is 275 g/mol. The molecule has 0 aliphatic carbocycles. The summed E-state index contributed by atoms with van der Waals surface area (Å²) in [5.74, 6) is -0.00744. The molecule has 0 unspecified atom stereocenters. The van der Waals surface area contributed by atoms with Crippen molar-refractivity contribution < 1.29 is 9.18 Å². The molecule has 3 nitrogen and oxygen atoms in total. The second-order valence-corrected chi connectivity index (χ2v) is 5.24. The Morgan fingerprint density at radius 2 is 1.95 bits per heavy atom. The third-order valence-electron chi connectivity index (χ3n) is 2.90. The summed E-state index contributed by atoms with van der Waals surface area (Å²) < 4.78 is 13.7. The fraction of sp³-hybridized carbons (Fsp3) is 0.0667. The number of amides is 1. The van der Waals surface area contributed by atoms with Gasteiger partial charge in [-0.15, -0.1) is 0 Å². The molecule has 5 heteroatoms. The first-order chi connectivity index (χ1) is 9.74. The van der Waals surface area contributed by atoms with Gasteiger partial charge in [0.2, 0.25) is 0 Å². The lowest BCUT2D eigenvalue weighted by Gasteiger charge is -2.15. The van der Waals surface area contributed by atoms with E-state index in [1.165, 1.54) is 17.8 Å². The molecule has 0 saturated carbocycles. The molecule has 0 saturated heterocycles. The number of carbonyl (C=O) groups excluding carboxylic acids is 1. The number of thioether (sulfide) groups is 1. The fourth-order valence-electron chi connectivity index (χ4n) is 1.90. The molecule has 0 fully saturated rings. The topological polar surface area (TPSA) is 41.5 Å². The van der Waals surface area contributed by atoms with Crippen LogP contribution in [0.4, 0.5) is 10.1 Å². The second kappa shape index (κ2) is 5.46. The van der Waals surface area contributed by atoms with Crippen LogP contribution in [0, 0.1) is 5.82 Å². The predicted octanol–water partition coefficient (Wildman–Crippen LogP) is 3.49. The monoisotopic (exact) mass is 286 g/mol. The van der Waals surface area contributed by atoms with Gasteiger partial charge in [0.15, 0.2) is 5.17 Å². The highest BCUT2D eigenvalue weighted by molar-refractivity contribution is 8.13. The van der Waals surface area contributed by atoms with Crippen molar-refractivity contribution in [2.45, 2.75) is 5.75 Å². The average molecular weight is 286 g/mol. The first kappa shape index (κ1) is 12.9. The van der Waals surface area contributed by atoms with E-state index in [1.54, 1.807) is 30.3 Å². The van der Waals surface area contributed by atoms with E-state index in [4.69, 9.17) is 0 Å². The SMILES string of the molecule is O=C(NC1=Nc2c(F)cccc2CS1)c1ccccc1. The van der Waals surface area contributed by atoms with Gasteiger partial charge >= 0.3 is 0 Å². The number of para-hydroxylation sites is 1. The summed E-state index contributed by atoms with van der Waals surface area (Å²) in [6.07, 6.45) is 0. The van der Waals surface area contributed by atoms with E-state index < -0.39 is 0 Å². The number of carbonyl (C=O) groups is 1. The predicted molar refractivity (Wildman–Crippen MR) is 78.7 cm³/mol. The number of amidine groups is 1. The van der Waals surface area contributed by atoms with Crippen LogP contribution in [0.2, 0.25) is 0 Å². The number of rotatable bonds is 1. The molecule has 20 heavy (non-hydrogen) atoms. The van der Waals surface area contributed by atoms with Crippen molar-refractivity contribution in [3.05, 3.63) is 65.5 Å². The zero-order valence-corrected chi connectivity index (χ0v) is 11.3. The van der Waals surface area contributed by atoms with Gasteiger partial charge in [0.25, 0.3) is 5.91 Å². The van der Waals surface area contributed by atoms with Crippen molar-refractivity contribution in [2.75, 3.05) is 0 Å². The van der Waals surface area contributed by atoms with Gasteiger partial charge in [0.1, 0.15) is 11.5 Å². The van der Waals surface area contributed by atoms with Gasteiger partial charge in [0, 0.05) is 11.3 Å². The van der Waals surface area contributed by atoms with E-state index >= 15 is 0 Å². The minimum atomic E-state index is -0.366. The third-order valence-corrected chi connectivity index (χ3v) is 3.83. The molecule has 1 heterocycles. The Kier molecular flexibility index (Phi) is 3.52. The first-order valence-electron chi connectivity index (χ1n) is 6.09. The van der Waals surface area contributed by atoms with Crippen LogP contribution in [0.25, 0.3) is 0 Å². The lowest BCUT2D eigenvalue weighted by atomic mass is 10.2. The Hall–Kier alpha value is -2.14. The summed E-state index contributed by atoms with van der Waals surface area (Å²) in [4.78, 5) is 16.2. The van der Waals surface area contributed by atoms with Gasteiger partial charge in [-0.2, -0.15) is 0 Å². The van der Waals surface area contributed by atoms with Crippen LogP contribution in [0.5, 0.6) is 0 Å². The zero-order valence-electron chi connectivity index (χ0n) is 10.5. The maximum Gasteiger partial charge on any atom is 0.257 e. The molecule has 1 aliphatic heterocycles. The normalized spacial score (nSPS) is 13.3. The van der Waals surface area contributed by atoms with Crippen LogP contribution < -0.4 is 5.32 Å². The standard InChI is InChI=1S/C15H11FN2OS/c16-12-8-4-7-11-9-20-15(17-13(11)12)18-14(19)10-5-2-1-3-6-10/h1-8H,9H2,(H,17,18,19). The highest BCUT2D eigenvalue weighted by Gasteiger charge is 2.17. The minimum absolute atomic E-state index is 0.239. The van der Waals surface area contributed by atoms with Gasteiger partial charge in [-0.05, 0) is 23.8 Å². The number of benzene rings is 2. The van der Waals surface area contributed by atoms with Gasteiger partial charge in [0.05, 0.1) is 0 Å². The number of hydrogen-bond acceptors (Lipinski definition) is 3. The summed E-state index contributed by atoms with van der Waals surface area (Å²) in [5.41, 5.74) is 1.71. The van der Waals surface area contributed by atoms with Crippen LogP contribution >= 0.6 is 11.8 Å². The van der Waals surface area contributed by atoms with Gasteiger partial charge in [-0.1, -0.05) is 42.1 Å². The fourth-order valence-corrected chi connectivity index (χ4v) is 2.75. The first-order valence-corrected chi connectivity index (χ1v) is 7.08. The van der Waals surface area contributed by atoms with Crippen LogP contribution in [-0.4, -0.2) is 11.1 Å². The quantitative estimate of drug-likeness (QED) is 0.872. The molecule has 0 bridgehead atoms. The molecule has 1 amide bonds. The third kappa shape index (κ3) is 2.58. The van der Waals surface area contributed by atoms with E-state index in [0.717, 1.165) is 5.56 Å². The Morgan fingerprint density at radius 3 is 2.75 bits per heavy atom. The number of nitrogens with zero attached hydrogens (tertiary/aromatic N) is 1. The smallest absolute Gasteiger partial charge is 0.257 e. The number of fused-ring (bicyclic) bond motifs is 1. The molecule has 0 radical (unpaired) electrons. The summed E-state index contributed by atoms with van der Waals surface area (Å²) in [5, 5.41) is 3.14. The molecule has 0 atom stereocenters. The highest BCUT2D eigenvalue weighted by Crippen LogP contribution is 2.32. The summed E-state index contributed by atoms with van der Waals surface area (Å²) in [7, 11) is 0. The average Bonchev–Trinajstić information content (AvgIpc) is 2.49. The second-order valence-electron chi connectivity index (χ2n) is 4.27. The lowest BCUT2D eigenvalue weighted by Crippen LogP contribution is -2.29. The molecule has 2 aromatic rings. The summed E-state index contributed by atoms with van der Waals surface area (Å²) in [6, 6.07) is 13.7.